The smallest absolute Gasteiger partial charge is 0.415 e. The van der Waals surface area contributed by atoms with E-state index >= 15 is 0 Å². The third kappa shape index (κ3) is 18.2. The van der Waals surface area contributed by atoms with E-state index in [1.54, 1.807) is 83.3 Å². The monoisotopic (exact) mass is 1310 g/mol. The van der Waals surface area contributed by atoms with Crippen molar-refractivity contribution < 1.29 is 70.6 Å². The van der Waals surface area contributed by atoms with Crippen LogP contribution in [-0.2, 0) is 42.1 Å². The van der Waals surface area contributed by atoms with E-state index in [1.807, 2.05) is 4.90 Å². The molecule has 90 heavy (non-hydrogen) atoms. The fourth-order valence-corrected chi connectivity index (χ4v) is 11.1. The SMILES string of the molecule is CCOC(=O)N(Cc1c(F)cccc1F)c1sc(-c2ccc([N+](=O)[O-])cc2)c(CN(C)C)c1C(=O)Cc1ccc(OC)nn1.CCOC(=O)N(Cc1c(F)cccc1F)c1sc(-c2ccc([N+](=O)[O-])cc2)c(CN(C)C)c1C(=O)O.COc1ccc(N)nn1.Cl. The Kier molecular flexibility index (Phi) is 26.0. The number of ether oxygens (including phenoxy) is 4. The van der Waals surface area contributed by atoms with Gasteiger partial charge in [-0.05, 0) is 119 Å². The number of rotatable bonds is 22. The molecule has 0 atom stereocenters. The van der Waals surface area contributed by atoms with Gasteiger partial charge in [-0.15, -0.1) is 50.4 Å². The van der Waals surface area contributed by atoms with E-state index in [1.165, 1.54) is 62.8 Å². The second-order valence-electron chi connectivity index (χ2n) is 19.2. The predicted molar refractivity (Wildman–Crippen MR) is 331 cm³/mol. The van der Waals surface area contributed by atoms with Gasteiger partial charge in [-0.2, -0.15) is 5.10 Å². The first kappa shape index (κ1) is 71.0. The van der Waals surface area contributed by atoms with Gasteiger partial charge in [-0.1, -0.05) is 12.1 Å². The van der Waals surface area contributed by atoms with Crippen LogP contribution in [0.15, 0.2) is 109 Å². The molecule has 0 saturated heterocycles. The van der Waals surface area contributed by atoms with Gasteiger partial charge in [0.1, 0.15) is 39.1 Å². The van der Waals surface area contributed by atoms with Gasteiger partial charge in [0, 0.05) is 75.9 Å². The third-order valence-corrected chi connectivity index (χ3v) is 15.0. The molecule has 0 radical (unpaired) electrons. The summed E-state index contributed by atoms with van der Waals surface area (Å²) in [5, 5.41) is 47.7. The largest absolute Gasteiger partial charge is 0.480 e. The fraction of sp³-hybridized carbons (Fsp3) is 0.254. The molecule has 0 aliphatic carbocycles. The highest BCUT2D eigenvalue weighted by molar-refractivity contribution is 7.20. The van der Waals surface area contributed by atoms with Crippen LogP contribution >= 0.6 is 35.1 Å². The zero-order chi connectivity index (χ0) is 65.2. The molecule has 2 amide bonds. The van der Waals surface area contributed by atoms with Gasteiger partial charge in [-0.25, -0.2) is 31.9 Å². The molecule has 3 N–H and O–H groups in total. The van der Waals surface area contributed by atoms with Crippen molar-refractivity contribution in [2.24, 2.45) is 0 Å². The average Bonchev–Trinajstić information content (AvgIpc) is 1.63. The van der Waals surface area contributed by atoms with Crippen LogP contribution in [0.5, 0.6) is 11.8 Å². The lowest BCUT2D eigenvalue weighted by molar-refractivity contribution is -0.385. The molecule has 4 heterocycles. The molecule has 24 nitrogen and oxygen atoms in total. The maximum atomic E-state index is 14.8. The van der Waals surface area contributed by atoms with Crippen LogP contribution in [0.1, 0.15) is 62.5 Å². The molecule has 4 aromatic carbocycles. The van der Waals surface area contributed by atoms with E-state index in [2.05, 4.69) is 20.4 Å². The minimum absolute atomic E-state index is 0. The number of hydrogen-bond acceptors (Lipinski definition) is 21. The van der Waals surface area contributed by atoms with Crippen LogP contribution < -0.4 is 25.0 Å². The van der Waals surface area contributed by atoms with Gasteiger partial charge in [-0.3, -0.25) is 34.8 Å². The number of aromatic carboxylic acids is 1. The molecule has 8 rings (SSSR count). The second kappa shape index (κ2) is 33.0. The number of nitrogens with zero attached hydrogens (tertiary/aromatic N) is 10. The molecule has 8 aromatic rings. The van der Waals surface area contributed by atoms with Crippen molar-refractivity contribution in [3.05, 3.63) is 192 Å². The minimum atomic E-state index is -1.35. The summed E-state index contributed by atoms with van der Waals surface area (Å²) in [6.45, 7) is 2.24. The number of nitrogen functional groups attached to an aromatic ring is 1. The van der Waals surface area contributed by atoms with Gasteiger partial charge in [0.05, 0.1) is 73.6 Å². The predicted octanol–water partition coefficient (Wildman–Crippen LogP) is 12.1. The molecule has 0 aliphatic rings. The van der Waals surface area contributed by atoms with Crippen LogP contribution in [0.2, 0.25) is 0 Å². The number of amides is 2. The Balaban J connectivity index is 0.000000288. The number of ketones is 1. The number of carbonyl (C=O) groups is 4. The number of carboxylic acids is 1. The highest BCUT2D eigenvalue weighted by atomic mass is 35.5. The second-order valence-corrected chi connectivity index (χ2v) is 21.2. The molecule has 0 aliphatic heterocycles. The van der Waals surface area contributed by atoms with E-state index in [0.29, 0.717) is 49.4 Å². The lowest BCUT2D eigenvalue weighted by Gasteiger charge is -2.23. The van der Waals surface area contributed by atoms with E-state index in [9.17, 15) is 62.1 Å². The summed E-state index contributed by atoms with van der Waals surface area (Å²) in [5.74, 6) is -4.21. The number of carbonyl (C=O) groups excluding carboxylic acids is 3. The summed E-state index contributed by atoms with van der Waals surface area (Å²) in [6.07, 6.45) is -2.11. The molecule has 0 fully saturated rings. The molecule has 0 unspecified atom stereocenters. The van der Waals surface area contributed by atoms with Crippen molar-refractivity contribution in [2.45, 2.75) is 46.4 Å². The van der Waals surface area contributed by atoms with Crippen LogP contribution in [0, 0.1) is 43.5 Å². The van der Waals surface area contributed by atoms with Gasteiger partial charge in [0.15, 0.2) is 5.78 Å². The molecule has 0 bridgehead atoms. The quantitative estimate of drug-likeness (QED) is 0.0276. The van der Waals surface area contributed by atoms with Crippen LogP contribution in [0.3, 0.4) is 0 Å². The van der Waals surface area contributed by atoms with Crippen molar-refractivity contribution >= 4 is 86.2 Å². The van der Waals surface area contributed by atoms with Crippen molar-refractivity contribution in [3.63, 3.8) is 0 Å². The van der Waals surface area contributed by atoms with Gasteiger partial charge < -0.3 is 39.6 Å². The number of Topliss-reactive ketones (excluding diaryl/α,β-unsaturated/α-hetero) is 1. The summed E-state index contributed by atoms with van der Waals surface area (Å²) in [6, 6.07) is 24.3. The Labute approximate surface area is 526 Å². The number of thiophene rings is 2. The molecule has 0 spiro atoms. The zero-order valence-corrected chi connectivity index (χ0v) is 51.9. The number of carboxylic acid groups (broad SMARTS) is 1. The number of nitro benzene ring substituents is 2. The van der Waals surface area contributed by atoms with E-state index in [4.69, 9.17) is 24.7 Å². The summed E-state index contributed by atoms with van der Waals surface area (Å²) < 4.78 is 78.8. The number of nitro groups is 2. The molecule has 31 heteroatoms. The van der Waals surface area contributed by atoms with Crippen molar-refractivity contribution in [1.29, 1.82) is 0 Å². The number of aromatic nitrogens is 4. The maximum absolute atomic E-state index is 14.8. The van der Waals surface area contributed by atoms with E-state index < -0.39 is 75.7 Å². The van der Waals surface area contributed by atoms with Gasteiger partial charge in [0.25, 0.3) is 11.4 Å². The van der Waals surface area contributed by atoms with Crippen LogP contribution in [0.4, 0.5) is 54.3 Å². The molecule has 476 valence electrons. The summed E-state index contributed by atoms with van der Waals surface area (Å²) in [4.78, 5) is 80.6. The standard InChI is InChI=1S/C30H29F2N5O6S.C24H23F2N3O6S.C5H7N3O.ClH/c1-5-43-30(39)36(17-21-23(31)7-6-8-24(21)32)29-27(25(38)15-19-11-14-26(42-4)34-33-19)22(16-35(2)3)28(44-29)18-9-12-20(13-10-18)37(40)41;1-4-35-24(32)28(13-16-18(25)6-5-7-19(16)26)22-20(23(30)31)17(12-27(2)3)21(36-22)14-8-10-15(11-9-14)29(33)34;1-9-5-3-2-4(6)7-8-5;/h6-14H,5,15-17H2,1-4H3;5-11H,4,12-13H2,1-3H3,(H,30,31);2-3H,1H3,(H2,6,7);1H. The zero-order valence-electron chi connectivity index (χ0n) is 49.5. The summed E-state index contributed by atoms with van der Waals surface area (Å²) >= 11 is 1.96. The Morgan fingerprint density at radius 2 is 0.944 bits per heavy atom. The number of anilines is 3. The first-order chi connectivity index (χ1) is 42.4. The number of non-ortho nitro benzene ring substituents is 2. The number of hydrogen-bond donors (Lipinski definition) is 2. The lowest BCUT2D eigenvalue weighted by atomic mass is 9.99. The number of methoxy groups -OCH3 is 2. The number of halogens is 5. The molecule has 0 saturated carbocycles. The third-order valence-electron chi connectivity index (χ3n) is 12.4. The lowest BCUT2D eigenvalue weighted by Crippen LogP contribution is -2.32. The topological polar surface area (TPSA) is 302 Å². The van der Waals surface area contributed by atoms with Crippen LogP contribution in [0.25, 0.3) is 20.9 Å². The van der Waals surface area contributed by atoms with Crippen LogP contribution in [-0.4, -0.2) is 125 Å². The van der Waals surface area contributed by atoms with E-state index in [-0.39, 0.29) is 89.1 Å². The summed E-state index contributed by atoms with van der Waals surface area (Å²) in [7, 11) is 9.99. The number of nitrogens with two attached hydrogens (primary N) is 1. The normalized spacial score (nSPS) is 10.6. The average molecular weight is 1310 g/mol. The first-order valence-electron chi connectivity index (χ1n) is 26.5. The van der Waals surface area contributed by atoms with Gasteiger partial charge in [0.2, 0.25) is 11.8 Å². The molecular weight excluding hydrogens is 1250 g/mol. The van der Waals surface area contributed by atoms with Crippen molar-refractivity contribution in [1.82, 2.24) is 30.2 Å². The fourth-order valence-electron chi connectivity index (χ4n) is 8.43. The van der Waals surface area contributed by atoms with E-state index in [0.717, 1.165) is 56.7 Å². The minimum Gasteiger partial charge on any atom is -0.480 e. The highest BCUT2D eigenvalue weighted by Gasteiger charge is 2.35. The van der Waals surface area contributed by atoms with Gasteiger partial charge >= 0.3 is 18.2 Å². The van der Waals surface area contributed by atoms with Crippen molar-refractivity contribution in [2.75, 3.05) is 71.2 Å². The molecule has 4 aromatic heterocycles. The molecular formula is C59H60ClF4N11O13S2. The number of benzene rings is 4. The Hall–Kier alpha value is -9.75. The summed E-state index contributed by atoms with van der Waals surface area (Å²) in [5.41, 5.74) is 6.25. The van der Waals surface area contributed by atoms with Crippen molar-refractivity contribution in [3.8, 4) is 32.6 Å². The highest BCUT2D eigenvalue weighted by Crippen LogP contribution is 2.46. The Morgan fingerprint density at radius 1 is 0.556 bits per heavy atom. The first-order valence-corrected chi connectivity index (χ1v) is 28.2. The Bertz CT molecular complexity index is 3770. The Morgan fingerprint density at radius 3 is 1.28 bits per heavy atom. The maximum Gasteiger partial charge on any atom is 0.415 e.